The molecule has 0 amide bonds. The van der Waals surface area contributed by atoms with Crippen LogP contribution >= 0.6 is 11.6 Å². The third-order valence-electron chi connectivity index (χ3n) is 1.67. The normalized spacial score (nSPS) is 10.9. The Hall–Kier alpha value is -1.23. The molecule has 12 heavy (non-hydrogen) atoms. The summed E-state index contributed by atoms with van der Waals surface area (Å²) in [5, 5.41) is 16.2. The van der Waals surface area contributed by atoms with E-state index >= 15 is 0 Å². The van der Waals surface area contributed by atoms with Gasteiger partial charge < -0.3 is 0 Å². The van der Waals surface area contributed by atoms with E-state index in [0.29, 0.717) is 10.8 Å². The van der Waals surface area contributed by atoms with Gasteiger partial charge in [-0.1, -0.05) is 11.6 Å². The summed E-state index contributed by atoms with van der Waals surface area (Å²) in [4.78, 5) is 0. The Kier molecular flexibility index (Phi) is 1.47. The van der Waals surface area contributed by atoms with E-state index in [4.69, 9.17) is 11.6 Å². The summed E-state index contributed by atoms with van der Waals surface area (Å²) in [6.45, 7) is 1.86. The number of fused-ring (bicyclic) bond motifs is 1. The predicted molar refractivity (Wildman–Crippen MR) is 43.8 cm³/mol. The molecule has 0 bridgehead atoms. The molecule has 0 radical (unpaired) electrons. The van der Waals surface area contributed by atoms with Crippen LogP contribution in [-0.4, -0.2) is 25.2 Å². The first-order valence-electron chi connectivity index (χ1n) is 3.38. The summed E-state index contributed by atoms with van der Waals surface area (Å²) in [6, 6.07) is 0. The largest absolute Gasteiger partial charge is 0.249 e. The first kappa shape index (κ1) is 7.42. The molecule has 0 aromatic carbocycles. The minimum absolute atomic E-state index is 0.352. The van der Waals surface area contributed by atoms with Crippen LogP contribution in [0.3, 0.4) is 0 Å². The second-order valence-electron chi connectivity index (χ2n) is 2.49. The monoisotopic (exact) mass is 183 g/mol. The van der Waals surface area contributed by atoms with Crippen molar-refractivity contribution < 1.29 is 0 Å². The third kappa shape index (κ3) is 0.863. The van der Waals surface area contributed by atoms with Crippen LogP contribution in [0.15, 0.2) is 0 Å². The molecule has 0 aliphatic heterocycles. The van der Waals surface area contributed by atoms with Crippen LogP contribution in [0.25, 0.3) is 11.0 Å². The van der Waals surface area contributed by atoms with Gasteiger partial charge in [-0.3, -0.25) is 0 Å². The average Bonchev–Trinajstić information content (AvgIpc) is 2.29. The number of nitrogens with zero attached hydrogens (tertiary/aromatic N) is 5. The van der Waals surface area contributed by atoms with Crippen molar-refractivity contribution in [3.63, 3.8) is 0 Å². The summed E-state index contributed by atoms with van der Waals surface area (Å²) >= 11 is 5.81. The minimum atomic E-state index is 0.352. The lowest BCUT2D eigenvalue weighted by Gasteiger charge is -1.90. The maximum Gasteiger partial charge on any atom is 0.185 e. The van der Waals surface area contributed by atoms with Crippen molar-refractivity contribution in [2.24, 2.45) is 7.05 Å². The fourth-order valence-electron chi connectivity index (χ4n) is 1.16. The molecule has 62 valence electrons. The van der Waals surface area contributed by atoms with Gasteiger partial charge in [0, 0.05) is 7.05 Å². The zero-order valence-electron chi connectivity index (χ0n) is 6.61. The topological polar surface area (TPSA) is 56.5 Å². The Morgan fingerprint density at radius 3 is 2.75 bits per heavy atom. The Morgan fingerprint density at radius 1 is 1.33 bits per heavy atom. The van der Waals surface area contributed by atoms with E-state index in [0.717, 1.165) is 11.1 Å². The van der Waals surface area contributed by atoms with Gasteiger partial charge in [0.2, 0.25) is 0 Å². The molecule has 0 N–H and O–H groups in total. The zero-order valence-corrected chi connectivity index (χ0v) is 7.37. The van der Waals surface area contributed by atoms with E-state index in [-0.39, 0.29) is 0 Å². The molecule has 0 aliphatic carbocycles. The average molecular weight is 184 g/mol. The van der Waals surface area contributed by atoms with Gasteiger partial charge in [0.1, 0.15) is 0 Å². The van der Waals surface area contributed by atoms with Gasteiger partial charge in [0.15, 0.2) is 10.8 Å². The second kappa shape index (κ2) is 2.38. The van der Waals surface area contributed by atoms with Gasteiger partial charge >= 0.3 is 0 Å². The van der Waals surface area contributed by atoms with E-state index in [9.17, 15) is 0 Å². The van der Waals surface area contributed by atoms with Gasteiger partial charge in [0.25, 0.3) is 0 Å². The molecule has 5 nitrogen and oxygen atoms in total. The molecule has 2 rings (SSSR count). The number of hydrogen-bond acceptors (Lipinski definition) is 4. The van der Waals surface area contributed by atoms with Crippen LogP contribution in [0, 0.1) is 6.92 Å². The molecule has 0 saturated heterocycles. The summed E-state index contributed by atoms with van der Waals surface area (Å²) < 4.78 is 1.63. The fraction of sp³-hybridized carbons (Fsp3) is 0.333. The number of hydrogen-bond donors (Lipinski definition) is 0. The van der Waals surface area contributed by atoms with E-state index < -0.39 is 0 Å². The van der Waals surface area contributed by atoms with E-state index in [1.807, 2.05) is 6.92 Å². The van der Waals surface area contributed by atoms with Crippen LogP contribution in [0.1, 0.15) is 5.69 Å². The molecular weight excluding hydrogens is 178 g/mol. The van der Waals surface area contributed by atoms with Crippen LogP contribution < -0.4 is 0 Å². The summed E-state index contributed by atoms with van der Waals surface area (Å²) in [5.74, 6) is 0. The Balaban J connectivity index is 2.99. The highest BCUT2D eigenvalue weighted by molar-refractivity contribution is 6.34. The van der Waals surface area contributed by atoms with Crippen LogP contribution in [0.5, 0.6) is 0 Å². The molecule has 0 atom stereocenters. The van der Waals surface area contributed by atoms with Gasteiger partial charge in [-0.15, -0.1) is 10.2 Å². The van der Waals surface area contributed by atoms with Crippen LogP contribution in [0.2, 0.25) is 5.15 Å². The van der Waals surface area contributed by atoms with Crippen molar-refractivity contribution in [2.45, 2.75) is 6.92 Å². The molecule has 0 saturated carbocycles. The van der Waals surface area contributed by atoms with E-state index in [1.165, 1.54) is 0 Å². The lowest BCUT2D eigenvalue weighted by molar-refractivity contribution is 0.757. The Labute approximate surface area is 73.3 Å². The van der Waals surface area contributed by atoms with Crippen LogP contribution in [0.4, 0.5) is 0 Å². The lowest BCUT2D eigenvalue weighted by atomic mass is 10.3. The van der Waals surface area contributed by atoms with E-state index in [2.05, 4.69) is 20.5 Å². The van der Waals surface area contributed by atoms with Gasteiger partial charge in [-0.05, 0) is 12.1 Å². The van der Waals surface area contributed by atoms with Crippen molar-refractivity contribution in [1.29, 1.82) is 0 Å². The third-order valence-corrected chi connectivity index (χ3v) is 1.93. The van der Waals surface area contributed by atoms with Gasteiger partial charge in [0.05, 0.1) is 11.1 Å². The number of aromatic nitrogens is 5. The van der Waals surface area contributed by atoms with Crippen molar-refractivity contribution in [3.8, 4) is 0 Å². The van der Waals surface area contributed by atoms with E-state index in [1.54, 1.807) is 11.7 Å². The summed E-state index contributed by atoms with van der Waals surface area (Å²) in [7, 11) is 1.79. The molecule has 6 heteroatoms. The first-order valence-corrected chi connectivity index (χ1v) is 3.76. The first-order chi connectivity index (χ1) is 5.70. The molecule has 2 aromatic rings. The second-order valence-corrected chi connectivity index (χ2v) is 2.85. The number of rotatable bonds is 0. The summed E-state index contributed by atoms with van der Waals surface area (Å²) in [5.41, 5.74) is 1.48. The maximum absolute atomic E-state index is 5.81. The minimum Gasteiger partial charge on any atom is -0.249 e. The predicted octanol–water partition coefficient (Wildman–Crippen LogP) is 0.720. The number of aryl methyl sites for hydroxylation is 2. The highest BCUT2D eigenvalue weighted by Gasteiger charge is 2.10. The quantitative estimate of drug-likeness (QED) is 0.604. The smallest absolute Gasteiger partial charge is 0.185 e. The van der Waals surface area contributed by atoms with Crippen molar-refractivity contribution in [3.05, 3.63) is 10.8 Å². The highest BCUT2D eigenvalue weighted by atomic mass is 35.5. The van der Waals surface area contributed by atoms with Crippen molar-refractivity contribution >= 4 is 22.6 Å². The molecule has 2 heterocycles. The molecule has 0 fully saturated rings. The standard InChI is InChI=1S/C6H6ClN5/c1-3-4-5(7)8-11-9-6(4)12(2)10-3/h1-2H3. The lowest BCUT2D eigenvalue weighted by Crippen LogP contribution is -1.94. The fourth-order valence-corrected chi connectivity index (χ4v) is 1.41. The molecule has 0 unspecified atom stereocenters. The maximum atomic E-state index is 5.81. The zero-order chi connectivity index (χ0) is 8.72. The van der Waals surface area contributed by atoms with Gasteiger partial charge in [-0.25, -0.2) is 4.68 Å². The summed E-state index contributed by atoms with van der Waals surface area (Å²) in [6.07, 6.45) is 0. The van der Waals surface area contributed by atoms with Crippen molar-refractivity contribution in [1.82, 2.24) is 25.2 Å². The van der Waals surface area contributed by atoms with Crippen molar-refractivity contribution in [2.75, 3.05) is 0 Å². The highest BCUT2D eigenvalue weighted by Crippen LogP contribution is 2.20. The molecule has 2 aromatic heterocycles. The van der Waals surface area contributed by atoms with Crippen LogP contribution in [-0.2, 0) is 7.05 Å². The molecule has 0 aliphatic rings. The Morgan fingerprint density at radius 2 is 2.08 bits per heavy atom. The Bertz CT molecular complexity index is 435. The number of halogens is 1. The van der Waals surface area contributed by atoms with Gasteiger partial charge in [-0.2, -0.15) is 5.10 Å². The molecular formula is C6H6ClN5. The SMILES string of the molecule is Cc1nn(C)c2nnnc(Cl)c12. The molecule has 0 spiro atoms.